The van der Waals surface area contributed by atoms with Crippen molar-refractivity contribution in [2.45, 2.75) is 22.1 Å². The van der Waals surface area contributed by atoms with Crippen molar-refractivity contribution in [2.24, 2.45) is 0 Å². The minimum Gasteiger partial charge on any atom is -0.339 e. The standard InChI is InChI=1S/C21H24N4OS3/c1-2-27-20-22-23-21(29-20)28-15-19(26)25-12-10-24(11-13-25)14-17-8-5-7-16-6-3-4-9-18(16)17/h3-9H,2,10-15H2,1H3. The summed E-state index contributed by atoms with van der Waals surface area (Å²) < 4.78 is 1.85. The zero-order valence-corrected chi connectivity index (χ0v) is 18.9. The second kappa shape index (κ2) is 9.93. The highest BCUT2D eigenvalue weighted by Crippen LogP contribution is 2.28. The van der Waals surface area contributed by atoms with Crippen LogP contribution in [0.5, 0.6) is 0 Å². The van der Waals surface area contributed by atoms with E-state index < -0.39 is 0 Å². The minimum atomic E-state index is 0.194. The summed E-state index contributed by atoms with van der Waals surface area (Å²) >= 11 is 4.76. The van der Waals surface area contributed by atoms with Gasteiger partial charge in [-0.2, -0.15) is 0 Å². The van der Waals surface area contributed by atoms with Crippen LogP contribution in [0.1, 0.15) is 12.5 Å². The first kappa shape index (κ1) is 20.7. The Bertz CT molecular complexity index is 964. The maximum absolute atomic E-state index is 12.6. The van der Waals surface area contributed by atoms with Crippen molar-refractivity contribution in [3.8, 4) is 0 Å². The van der Waals surface area contributed by atoms with Gasteiger partial charge in [0.2, 0.25) is 5.91 Å². The summed E-state index contributed by atoms with van der Waals surface area (Å²) in [6, 6.07) is 15.0. The molecule has 2 aromatic carbocycles. The van der Waals surface area contributed by atoms with E-state index in [0.717, 1.165) is 47.2 Å². The fourth-order valence-corrected chi connectivity index (χ4v) is 6.30. The molecular weight excluding hydrogens is 420 g/mol. The summed E-state index contributed by atoms with van der Waals surface area (Å²) in [7, 11) is 0. The lowest BCUT2D eigenvalue weighted by atomic mass is 10.0. The molecule has 1 aliphatic heterocycles. The van der Waals surface area contributed by atoms with Gasteiger partial charge < -0.3 is 4.90 Å². The predicted molar refractivity (Wildman–Crippen MR) is 123 cm³/mol. The second-order valence-electron chi connectivity index (χ2n) is 6.85. The lowest BCUT2D eigenvalue weighted by Crippen LogP contribution is -2.48. The Labute approximate surface area is 183 Å². The number of benzene rings is 2. The lowest BCUT2D eigenvalue weighted by molar-refractivity contribution is -0.130. The number of aromatic nitrogens is 2. The Morgan fingerprint density at radius 1 is 1.00 bits per heavy atom. The number of fused-ring (bicyclic) bond motifs is 1. The van der Waals surface area contributed by atoms with Crippen molar-refractivity contribution < 1.29 is 4.79 Å². The quantitative estimate of drug-likeness (QED) is 0.508. The molecule has 0 bridgehead atoms. The summed E-state index contributed by atoms with van der Waals surface area (Å²) in [5.74, 6) is 1.62. The number of carbonyl (C=O) groups is 1. The van der Waals surface area contributed by atoms with Gasteiger partial charge in [-0.1, -0.05) is 84.2 Å². The zero-order chi connectivity index (χ0) is 20.1. The molecule has 0 atom stereocenters. The molecule has 0 saturated carbocycles. The fourth-order valence-electron chi connectivity index (χ4n) is 3.48. The van der Waals surface area contributed by atoms with Crippen LogP contribution in [0.15, 0.2) is 51.1 Å². The Kier molecular flexibility index (Phi) is 7.07. The third kappa shape index (κ3) is 5.31. The topological polar surface area (TPSA) is 49.3 Å². The van der Waals surface area contributed by atoms with Crippen LogP contribution in [0.2, 0.25) is 0 Å². The van der Waals surface area contributed by atoms with Gasteiger partial charge in [-0.15, -0.1) is 10.2 Å². The first-order valence-electron chi connectivity index (χ1n) is 9.79. The van der Waals surface area contributed by atoms with Gasteiger partial charge in [-0.3, -0.25) is 9.69 Å². The van der Waals surface area contributed by atoms with Crippen LogP contribution >= 0.6 is 34.9 Å². The van der Waals surface area contributed by atoms with E-state index in [1.54, 1.807) is 23.1 Å². The van der Waals surface area contributed by atoms with Crippen LogP contribution in [-0.4, -0.2) is 63.6 Å². The summed E-state index contributed by atoms with van der Waals surface area (Å²) in [4.78, 5) is 17.0. The summed E-state index contributed by atoms with van der Waals surface area (Å²) in [5.41, 5.74) is 1.36. The summed E-state index contributed by atoms with van der Waals surface area (Å²) in [6.07, 6.45) is 0. The molecule has 1 fully saturated rings. The Hall–Kier alpha value is -1.61. The van der Waals surface area contributed by atoms with E-state index in [4.69, 9.17) is 0 Å². The molecule has 0 radical (unpaired) electrons. The number of rotatable bonds is 7. The van der Waals surface area contributed by atoms with Crippen molar-refractivity contribution >= 4 is 51.5 Å². The molecule has 0 spiro atoms. The maximum atomic E-state index is 12.6. The number of nitrogens with zero attached hydrogens (tertiary/aromatic N) is 4. The second-order valence-corrected chi connectivity index (χ2v) is 10.6. The molecule has 3 aromatic rings. The smallest absolute Gasteiger partial charge is 0.233 e. The molecule has 4 rings (SSSR count). The molecule has 2 heterocycles. The van der Waals surface area contributed by atoms with E-state index in [1.165, 1.54) is 28.1 Å². The van der Waals surface area contributed by atoms with E-state index in [9.17, 15) is 4.79 Å². The van der Waals surface area contributed by atoms with Crippen LogP contribution in [0.4, 0.5) is 0 Å². The van der Waals surface area contributed by atoms with Crippen LogP contribution in [0.3, 0.4) is 0 Å². The molecule has 1 amide bonds. The Morgan fingerprint density at radius 2 is 1.72 bits per heavy atom. The third-order valence-electron chi connectivity index (χ3n) is 4.97. The van der Waals surface area contributed by atoms with Crippen LogP contribution < -0.4 is 0 Å². The first-order chi connectivity index (χ1) is 14.2. The fraction of sp³-hybridized carbons (Fsp3) is 0.381. The SMILES string of the molecule is CCSc1nnc(SCC(=O)N2CCN(Cc3cccc4ccccc34)CC2)s1. The molecule has 8 heteroatoms. The molecule has 0 N–H and O–H groups in total. The van der Waals surface area contributed by atoms with E-state index in [1.807, 2.05) is 4.90 Å². The third-order valence-corrected chi connectivity index (χ3v) is 8.03. The molecule has 0 aliphatic carbocycles. The molecule has 1 saturated heterocycles. The van der Waals surface area contributed by atoms with E-state index >= 15 is 0 Å². The van der Waals surface area contributed by atoms with Gasteiger partial charge in [0.15, 0.2) is 8.68 Å². The highest BCUT2D eigenvalue weighted by molar-refractivity contribution is 8.03. The van der Waals surface area contributed by atoms with Crippen LogP contribution in [0.25, 0.3) is 10.8 Å². The number of hydrogen-bond acceptors (Lipinski definition) is 7. The van der Waals surface area contributed by atoms with E-state index in [2.05, 4.69) is 64.5 Å². The largest absolute Gasteiger partial charge is 0.339 e. The van der Waals surface area contributed by atoms with Gasteiger partial charge in [-0.25, -0.2) is 0 Å². The number of piperazine rings is 1. The highest BCUT2D eigenvalue weighted by Gasteiger charge is 2.22. The number of carbonyl (C=O) groups excluding carboxylic acids is 1. The molecule has 5 nitrogen and oxygen atoms in total. The number of thioether (sulfide) groups is 2. The van der Waals surface area contributed by atoms with Crippen molar-refractivity contribution in [3.63, 3.8) is 0 Å². The lowest BCUT2D eigenvalue weighted by Gasteiger charge is -2.34. The highest BCUT2D eigenvalue weighted by atomic mass is 32.2. The van der Waals surface area contributed by atoms with Crippen LogP contribution in [0, 0.1) is 0 Å². The van der Waals surface area contributed by atoms with Gasteiger partial charge in [-0.05, 0) is 22.1 Å². The first-order valence-corrected chi connectivity index (χ1v) is 12.6. The van der Waals surface area contributed by atoms with Gasteiger partial charge in [0.1, 0.15) is 0 Å². The Balaban J connectivity index is 1.27. The normalized spacial score (nSPS) is 15.1. The monoisotopic (exact) mass is 444 g/mol. The van der Waals surface area contributed by atoms with Crippen molar-refractivity contribution in [2.75, 3.05) is 37.7 Å². The van der Waals surface area contributed by atoms with Gasteiger partial charge in [0, 0.05) is 32.7 Å². The van der Waals surface area contributed by atoms with Crippen molar-refractivity contribution in [1.82, 2.24) is 20.0 Å². The van der Waals surface area contributed by atoms with Crippen molar-refractivity contribution in [1.29, 1.82) is 0 Å². The summed E-state index contributed by atoms with van der Waals surface area (Å²) in [5, 5.41) is 10.9. The van der Waals surface area contributed by atoms with Gasteiger partial charge in [0.05, 0.1) is 5.75 Å². The number of hydrogen-bond donors (Lipinski definition) is 0. The average molecular weight is 445 g/mol. The maximum Gasteiger partial charge on any atom is 0.233 e. The number of amides is 1. The minimum absolute atomic E-state index is 0.194. The van der Waals surface area contributed by atoms with Crippen LogP contribution in [-0.2, 0) is 11.3 Å². The molecule has 29 heavy (non-hydrogen) atoms. The molecule has 152 valence electrons. The predicted octanol–water partition coefficient (Wildman–Crippen LogP) is 4.24. The summed E-state index contributed by atoms with van der Waals surface area (Å²) in [6.45, 7) is 6.43. The van der Waals surface area contributed by atoms with Gasteiger partial charge in [0.25, 0.3) is 0 Å². The Morgan fingerprint density at radius 3 is 2.52 bits per heavy atom. The molecular formula is C21H24N4OS3. The average Bonchev–Trinajstić information content (AvgIpc) is 3.21. The van der Waals surface area contributed by atoms with Gasteiger partial charge >= 0.3 is 0 Å². The molecule has 1 aromatic heterocycles. The molecule has 1 aliphatic rings. The van der Waals surface area contributed by atoms with Crippen molar-refractivity contribution in [3.05, 3.63) is 48.0 Å². The zero-order valence-electron chi connectivity index (χ0n) is 16.4. The van der Waals surface area contributed by atoms with E-state index in [-0.39, 0.29) is 5.91 Å². The molecule has 0 unspecified atom stereocenters. The van der Waals surface area contributed by atoms with E-state index in [0.29, 0.717) is 5.75 Å².